The fourth-order valence-corrected chi connectivity index (χ4v) is 4.82. The molecule has 4 aliphatic carbocycles. The number of amides is 1. The van der Waals surface area contributed by atoms with Gasteiger partial charge in [-0.2, -0.15) is 0 Å². The molecule has 4 saturated carbocycles. The zero-order valence-electron chi connectivity index (χ0n) is 11.2. The maximum atomic E-state index is 12.5. The highest BCUT2D eigenvalue weighted by atomic mass is 35.5. The van der Waals surface area contributed by atoms with Gasteiger partial charge in [-0.1, -0.05) is 0 Å². The molecular formula is C14H25ClN2O. The second-order valence-electron chi connectivity index (χ2n) is 6.81. The van der Waals surface area contributed by atoms with Crippen LogP contribution in [-0.2, 0) is 4.79 Å². The number of rotatable bonds is 3. The first-order valence-corrected chi connectivity index (χ1v) is 7.12. The van der Waals surface area contributed by atoms with E-state index in [0.717, 1.165) is 37.0 Å². The van der Waals surface area contributed by atoms with Crippen molar-refractivity contribution in [3.8, 4) is 0 Å². The van der Waals surface area contributed by atoms with Crippen molar-refractivity contribution in [3.05, 3.63) is 0 Å². The fourth-order valence-electron chi connectivity index (χ4n) is 4.82. The van der Waals surface area contributed by atoms with Crippen molar-refractivity contribution < 1.29 is 4.79 Å². The Balaban J connectivity index is 0.00000120. The maximum Gasteiger partial charge on any atom is 0.226 e. The van der Waals surface area contributed by atoms with E-state index in [1.807, 2.05) is 6.92 Å². The Morgan fingerprint density at radius 3 is 2.06 bits per heavy atom. The van der Waals surface area contributed by atoms with Crippen LogP contribution in [0.4, 0.5) is 0 Å². The zero-order chi connectivity index (χ0) is 12.0. The average Bonchev–Trinajstić information content (AvgIpc) is 2.26. The molecule has 4 heteroatoms. The van der Waals surface area contributed by atoms with Crippen LogP contribution < -0.4 is 11.1 Å². The Morgan fingerprint density at radius 2 is 1.67 bits per heavy atom. The van der Waals surface area contributed by atoms with Gasteiger partial charge in [0.05, 0.1) is 0 Å². The van der Waals surface area contributed by atoms with E-state index in [9.17, 15) is 4.79 Å². The van der Waals surface area contributed by atoms with Gasteiger partial charge in [-0.25, -0.2) is 0 Å². The summed E-state index contributed by atoms with van der Waals surface area (Å²) >= 11 is 0. The van der Waals surface area contributed by atoms with Crippen LogP contribution in [0, 0.1) is 23.2 Å². The van der Waals surface area contributed by atoms with Gasteiger partial charge in [0.25, 0.3) is 0 Å². The van der Waals surface area contributed by atoms with E-state index in [0.29, 0.717) is 12.5 Å². The number of carbonyl (C=O) groups excluding carboxylic acids is 1. The predicted molar refractivity (Wildman–Crippen MR) is 74.5 cm³/mol. The molecule has 0 aromatic rings. The van der Waals surface area contributed by atoms with Gasteiger partial charge in [0.15, 0.2) is 0 Å². The van der Waals surface area contributed by atoms with Crippen molar-refractivity contribution in [2.45, 2.75) is 51.5 Å². The number of halogens is 1. The van der Waals surface area contributed by atoms with E-state index in [1.165, 1.54) is 19.3 Å². The van der Waals surface area contributed by atoms with Gasteiger partial charge in [0.2, 0.25) is 5.91 Å². The Morgan fingerprint density at radius 1 is 1.22 bits per heavy atom. The predicted octanol–water partition coefficient (Wildman–Crippen LogP) is 2.09. The van der Waals surface area contributed by atoms with Crippen molar-refractivity contribution in [3.63, 3.8) is 0 Å². The number of hydrogen-bond donors (Lipinski definition) is 2. The molecule has 4 rings (SSSR count). The number of nitrogens with two attached hydrogens (primary N) is 1. The molecule has 0 radical (unpaired) electrons. The van der Waals surface area contributed by atoms with Gasteiger partial charge in [-0.05, 0) is 63.2 Å². The van der Waals surface area contributed by atoms with E-state index in [2.05, 4.69) is 5.32 Å². The van der Waals surface area contributed by atoms with Crippen LogP contribution in [-0.4, -0.2) is 18.5 Å². The molecule has 0 spiro atoms. The highest BCUT2D eigenvalue weighted by Gasteiger charge is 2.54. The van der Waals surface area contributed by atoms with Crippen LogP contribution in [0.15, 0.2) is 0 Å². The van der Waals surface area contributed by atoms with E-state index in [1.54, 1.807) is 0 Å². The van der Waals surface area contributed by atoms with Crippen molar-refractivity contribution in [1.29, 1.82) is 0 Å². The van der Waals surface area contributed by atoms with Crippen molar-refractivity contribution in [1.82, 2.24) is 5.32 Å². The molecule has 0 aromatic heterocycles. The molecule has 1 amide bonds. The highest BCUT2D eigenvalue weighted by molar-refractivity contribution is 5.85. The molecule has 18 heavy (non-hydrogen) atoms. The third-order valence-electron chi connectivity index (χ3n) is 5.25. The molecule has 0 unspecified atom stereocenters. The molecule has 3 nitrogen and oxygen atoms in total. The van der Waals surface area contributed by atoms with Gasteiger partial charge in [-0.3, -0.25) is 4.79 Å². The van der Waals surface area contributed by atoms with Crippen LogP contribution in [0.2, 0.25) is 0 Å². The van der Waals surface area contributed by atoms with Gasteiger partial charge in [0.1, 0.15) is 0 Å². The quantitative estimate of drug-likeness (QED) is 0.827. The summed E-state index contributed by atoms with van der Waals surface area (Å²) in [6, 6.07) is 0.121. The number of nitrogens with one attached hydrogen (secondary N) is 1. The summed E-state index contributed by atoms with van der Waals surface area (Å²) in [7, 11) is 0. The molecule has 0 aromatic carbocycles. The van der Waals surface area contributed by atoms with Crippen LogP contribution >= 0.6 is 12.4 Å². The molecule has 104 valence electrons. The smallest absolute Gasteiger partial charge is 0.226 e. The first kappa shape index (κ1) is 14.1. The van der Waals surface area contributed by atoms with E-state index in [4.69, 9.17) is 5.73 Å². The largest absolute Gasteiger partial charge is 0.352 e. The summed E-state index contributed by atoms with van der Waals surface area (Å²) in [5.41, 5.74) is 5.58. The van der Waals surface area contributed by atoms with Crippen molar-refractivity contribution >= 4 is 18.3 Å². The molecule has 4 aliphatic rings. The Hall–Kier alpha value is -0.280. The fraction of sp³-hybridized carbons (Fsp3) is 0.929. The molecule has 0 saturated heterocycles. The first-order valence-electron chi connectivity index (χ1n) is 7.12. The van der Waals surface area contributed by atoms with E-state index < -0.39 is 0 Å². The standard InChI is InChI=1S/C14H24N2O.ClH/c1-9(8-15)16-13(17)14-5-10-2-11(6-14)4-12(3-10)7-14;/h9-12H,2-8,15H2,1H3,(H,16,17);1H/t9-,10?,11?,12?,14?;/m0./s1. The minimum atomic E-state index is -0.0157. The molecule has 0 heterocycles. The topological polar surface area (TPSA) is 55.1 Å². The monoisotopic (exact) mass is 272 g/mol. The third kappa shape index (κ3) is 2.27. The summed E-state index contributed by atoms with van der Waals surface area (Å²) in [6.07, 6.45) is 7.59. The summed E-state index contributed by atoms with van der Waals surface area (Å²) in [5, 5.41) is 3.12. The van der Waals surface area contributed by atoms with E-state index >= 15 is 0 Å². The molecular weight excluding hydrogens is 248 g/mol. The Bertz CT molecular complexity index is 296. The van der Waals surface area contributed by atoms with Crippen molar-refractivity contribution in [2.24, 2.45) is 28.9 Å². The van der Waals surface area contributed by atoms with Crippen LogP contribution in [0.25, 0.3) is 0 Å². The normalized spacial score (nSPS) is 42.2. The average molecular weight is 273 g/mol. The summed E-state index contributed by atoms with van der Waals surface area (Å²) in [5.74, 6) is 2.80. The van der Waals surface area contributed by atoms with Gasteiger partial charge >= 0.3 is 0 Å². The molecule has 0 aliphatic heterocycles. The van der Waals surface area contributed by atoms with E-state index in [-0.39, 0.29) is 23.9 Å². The summed E-state index contributed by atoms with van der Waals surface area (Å²) in [6.45, 7) is 2.54. The SMILES string of the molecule is C[C@@H](CN)NC(=O)C12CC3CC(CC(C3)C1)C2.Cl. The molecule has 4 fully saturated rings. The van der Waals surface area contributed by atoms with Gasteiger partial charge in [0, 0.05) is 18.0 Å². The second-order valence-corrected chi connectivity index (χ2v) is 6.81. The highest BCUT2D eigenvalue weighted by Crippen LogP contribution is 2.60. The maximum absolute atomic E-state index is 12.5. The summed E-state index contributed by atoms with van der Waals surface area (Å²) in [4.78, 5) is 12.5. The lowest BCUT2D eigenvalue weighted by molar-refractivity contribution is -0.146. The number of hydrogen-bond acceptors (Lipinski definition) is 2. The van der Waals surface area contributed by atoms with Crippen LogP contribution in [0.5, 0.6) is 0 Å². The second kappa shape index (κ2) is 5.01. The third-order valence-corrected chi connectivity index (χ3v) is 5.25. The minimum Gasteiger partial charge on any atom is -0.352 e. The zero-order valence-corrected chi connectivity index (χ0v) is 12.0. The van der Waals surface area contributed by atoms with Crippen molar-refractivity contribution in [2.75, 3.05) is 6.54 Å². The molecule has 4 bridgehead atoms. The minimum absolute atomic E-state index is 0. The lowest BCUT2D eigenvalue weighted by Gasteiger charge is -2.55. The van der Waals surface area contributed by atoms with Gasteiger partial charge < -0.3 is 11.1 Å². The first-order chi connectivity index (χ1) is 8.11. The molecule has 1 atom stereocenters. The lowest BCUT2D eigenvalue weighted by Crippen LogP contribution is -2.55. The Kier molecular flexibility index (Phi) is 3.93. The molecule has 3 N–H and O–H groups in total. The number of carbonyl (C=O) groups is 1. The van der Waals surface area contributed by atoms with Crippen LogP contribution in [0.1, 0.15) is 45.4 Å². The van der Waals surface area contributed by atoms with Crippen LogP contribution in [0.3, 0.4) is 0 Å². The van der Waals surface area contributed by atoms with Gasteiger partial charge in [-0.15, -0.1) is 12.4 Å². The summed E-state index contributed by atoms with van der Waals surface area (Å²) < 4.78 is 0. The Labute approximate surface area is 116 Å². The lowest BCUT2D eigenvalue weighted by atomic mass is 9.49.